The summed E-state index contributed by atoms with van der Waals surface area (Å²) in [6.45, 7) is 0.812. The van der Waals surface area contributed by atoms with Gasteiger partial charge in [0.25, 0.3) is 0 Å². The van der Waals surface area contributed by atoms with Crippen LogP contribution >= 0.6 is 0 Å². The highest BCUT2D eigenvalue weighted by atomic mass is 16.8. The predicted molar refractivity (Wildman–Crippen MR) is 96.8 cm³/mol. The maximum atomic E-state index is 6.41. The molecule has 1 aliphatic rings. The Morgan fingerprint density at radius 2 is 1.32 bits per heavy atom. The zero-order valence-corrected chi connectivity index (χ0v) is 14.3. The lowest BCUT2D eigenvalue weighted by Crippen LogP contribution is -2.48. The van der Waals surface area contributed by atoms with Crippen molar-refractivity contribution in [2.75, 3.05) is 19.9 Å². The van der Waals surface area contributed by atoms with E-state index in [0.29, 0.717) is 25.9 Å². The van der Waals surface area contributed by atoms with Gasteiger partial charge in [-0.2, -0.15) is 0 Å². The van der Waals surface area contributed by atoms with Gasteiger partial charge in [-0.3, -0.25) is 0 Å². The van der Waals surface area contributed by atoms with Gasteiger partial charge in [0.1, 0.15) is 12.2 Å². The fraction of sp³-hybridized carbons (Fsp3) is 0.400. The van der Waals surface area contributed by atoms with E-state index in [9.17, 15) is 0 Å². The van der Waals surface area contributed by atoms with Gasteiger partial charge in [0.2, 0.25) is 0 Å². The molecule has 2 unspecified atom stereocenters. The lowest BCUT2D eigenvalue weighted by atomic mass is 9.97. The largest absolute Gasteiger partial charge is 0.348 e. The van der Waals surface area contributed by atoms with E-state index in [2.05, 4.69) is 24.3 Å². The van der Waals surface area contributed by atoms with Crippen molar-refractivity contribution in [1.29, 1.82) is 0 Å². The molecule has 0 spiro atoms. The Labute approximate surface area is 148 Å². The first kappa shape index (κ1) is 18.0. The summed E-state index contributed by atoms with van der Waals surface area (Å²) in [5, 5.41) is 0. The minimum atomic E-state index is -0.837. The Hall–Kier alpha value is -1.76. The van der Waals surface area contributed by atoms with Crippen molar-refractivity contribution in [3.63, 3.8) is 0 Å². The van der Waals surface area contributed by atoms with E-state index >= 15 is 0 Å². The van der Waals surface area contributed by atoms with Crippen molar-refractivity contribution < 1.29 is 14.2 Å². The summed E-state index contributed by atoms with van der Waals surface area (Å²) in [6, 6.07) is 20.3. The molecule has 1 saturated heterocycles. The van der Waals surface area contributed by atoms with Gasteiger partial charge in [-0.05, 0) is 11.1 Å². The monoisotopic (exact) mass is 342 g/mol. The summed E-state index contributed by atoms with van der Waals surface area (Å²) >= 11 is 0. The molecule has 3 rings (SSSR count). The average Bonchev–Trinajstić information content (AvgIpc) is 2.82. The number of ether oxygens (including phenoxy) is 3. The first-order valence-corrected chi connectivity index (χ1v) is 8.66. The van der Waals surface area contributed by atoms with Gasteiger partial charge in [-0.15, -0.1) is 0 Å². The molecule has 5 heteroatoms. The van der Waals surface area contributed by atoms with Crippen molar-refractivity contribution in [3.8, 4) is 0 Å². The number of hydrogen-bond donors (Lipinski definition) is 2. The molecule has 0 aliphatic carbocycles. The quantitative estimate of drug-likeness (QED) is 0.837. The minimum Gasteiger partial charge on any atom is -0.348 e. The average molecular weight is 342 g/mol. The molecule has 0 aromatic heterocycles. The molecule has 2 atom stereocenters. The van der Waals surface area contributed by atoms with Crippen LogP contribution in [0.1, 0.15) is 11.1 Å². The molecule has 0 saturated carbocycles. The molecule has 0 radical (unpaired) electrons. The summed E-state index contributed by atoms with van der Waals surface area (Å²) in [7, 11) is 0. The van der Waals surface area contributed by atoms with Gasteiger partial charge < -0.3 is 25.7 Å². The van der Waals surface area contributed by atoms with Crippen LogP contribution in [-0.4, -0.2) is 37.9 Å². The third-order valence-electron chi connectivity index (χ3n) is 4.48. The minimum absolute atomic E-state index is 0.137. The molecule has 2 aromatic carbocycles. The highest BCUT2D eigenvalue weighted by Gasteiger charge is 2.40. The molecular formula is C20H26N2O3. The zero-order valence-electron chi connectivity index (χ0n) is 14.3. The smallest absolute Gasteiger partial charge is 0.179 e. The van der Waals surface area contributed by atoms with Crippen LogP contribution in [0.4, 0.5) is 0 Å². The molecular weight excluding hydrogens is 316 g/mol. The topological polar surface area (TPSA) is 79.7 Å². The SMILES string of the molecule is NCC1OCOC(Cc2ccccc2)(Cc2ccccc2)OC1CN. The van der Waals surface area contributed by atoms with Crippen LogP contribution in [0.25, 0.3) is 0 Å². The maximum absolute atomic E-state index is 6.41. The standard InChI is InChI=1S/C20H26N2O3/c21-13-18-19(14-22)25-20(24-15-23-18,11-16-7-3-1-4-8-16)12-17-9-5-2-6-10-17/h1-10,18-19H,11-15,21-22H2. The normalized spacial score (nSPS) is 23.1. The summed E-state index contributed by atoms with van der Waals surface area (Å²) in [4.78, 5) is 0. The highest BCUT2D eigenvalue weighted by Crippen LogP contribution is 2.30. The van der Waals surface area contributed by atoms with Gasteiger partial charge in [0.05, 0.1) is 0 Å². The van der Waals surface area contributed by atoms with Crippen LogP contribution in [0, 0.1) is 0 Å². The van der Waals surface area contributed by atoms with Crippen LogP contribution in [0.15, 0.2) is 60.7 Å². The fourth-order valence-electron chi connectivity index (χ4n) is 3.20. The van der Waals surface area contributed by atoms with Gasteiger partial charge in [0, 0.05) is 25.9 Å². The molecule has 1 heterocycles. The Morgan fingerprint density at radius 3 is 1.80 bits per heavy atom. The molecule has 25 heavy (non-hydrogen) atoms. The van der Waals surface area contributed by atoms with E-state index in [1.165, 1.54) is 0 Å². The third-order valence-corrected chi connectivity index (χ3v) is 4.48. The summed E-state index contributed by atoms with van der Waals surface area (Å²) in [6.07, 6.45) is 0.651. The van der Waals surface area contributed by atoms with Crippen LogP contribution in [0.5, 0.6) is 0 Å². The first-order chi connectivity index (χ1) is 12.2. The van der Waals surface area contributed by atoms with Crippen molar-refractivity contribution >= 4 is 0 Å². The molecule has 5 nitrogen and oxygen atoms in total. The van der Waals surface area contributed by atoms with Crippen molar-refractivity contribution in [2.24, 2.45) is 11.5 Å². The Morgan fingerprint density at radius 1 is 0.800 bits per heavy atom. The lowest BCUT2D eigenvalue weighted by molar-refractivity contribution is -0.252. The van der Waals surface area contributed by atoms with Crippen molar-refractivity contribution in [1.82, 2.24) is 0 Å². The zero-order chi connectivity index (χ0) is 17.5. The van der Waals surface area contributed by atoms with E-state index in [1.54, 1.807) is 0 Å². The third kappa shape index (κ3) is 4.66. The van der Waals surface area contributed by atoms with Crippen LogP contribution in [0.2, 0.25) is 0 Å². The number of rotatable bonds is 6. The predicted octanol–water partition coefficient (Wildman–Crippen LogP) is 1.84. The summed E-state index contributed by atoms with van der Waals surface area (Å²) in [5.74, 6) is -0.837. The highest BCUT2D eigenvalue weighted by molar-refractivity contribution is 5.20. The van der Waals surface area contributed by atoms with Crippen LogP contribution < -0.4 is 11.5 Å². The molecule has 1 aliphatic heterocycles. The summed E-state index contributed by atoms with van der Waals surface area (Å²) in [5.41, 5.74) is 14.0. The molecule has 134 valence electrons. The number of benzene rings is 2. The Balaban J connectivity index is 1.90. The van der Waals surface area contributed by atoms with E-state index in [1.807, 2.05) is 36.4 Å². The second-order valence-electron chi connectivity index (χ2n) is 6.33. The van der Waals surface area contributed by atoms with Crippen LogP contribution in [0.3, 0.4) is 0 Å². The second kappa shape index (κ2) is 8.56. The van der Waals surface area contributed by atoms with Crippen molar-refractivity contribution in [2.45, 2.75) is 30.8 Å². The van der Waals surface area contributed by atoms with Gasteiger partial charge in [-0.1, -0.05) is 60.7 Å². The molecule has 0 bridgehead atoms. The van der Waals surface area contributed by atoms with Crippen LogP contribution in [-0.2, 0) is 27.1 Å². The maximum Gasteiger partial charge on any atom is 0.179 e. The molecule has 4 N–H and O–H groups in total. The second-order valence-corrected chi connectivity index (χ2v) is 6.33. The number of hydrogen-bond acceptors (Lipinski definition) is 5. The molecule has 1 fully saturated rings. The Bertz CT molecular complexity index is 594. The van der Waals surface area contributed by atoms with E-state index in [-0.39, 0.29) is 19.0 Å². The lowest BCUT2D eigenvalue weighted by Gasteiger charge is -2.35. The fourth-order valence-corrected chi connectivity index (χ4v) is 3.20. The Kier molecular flexibility index (Phi) is 6.18. The van der Waals surface area contributed by atoms with E-state index in [0.717, 1.165) is 11.1 Å². The summed E-state index contributed by atoms with van der Waals surface area (Å²) < 4.78 is 18.2. The van der Waals surface area contributed by atoms with E-state index in [4.69, 9.17) is 25.7 Å². The van der Waals surface area contributed by atoms with Gasteiger partial charge in [-0.25, -0.2) is 0 Å². The van der Waals surface area contributed by atoms with Gasteiger partial charge in [0.15, 0.2) is 12.6 Å². The van der Waals surface area contributed by atoms with E-state index < -0.39 is 5.79 Å². The molecule has 2 aromatic rings. The van der Waals surface area contributed by atoms with Crippen molar-refractivity contribution in [3.05, 3.63) is 71.8 Å². The van der Waals surface area contributed by atoms with Gasteiger partial charge >= 0.3 is 0 Å². The first-order valence-electron chi connectivity index (χ1n) is 8.66. The number of nitrogens with two attached hydrogens (primary N) is 2. The molecule has 0 amide bonds.